The van der Waals surface area contributed by atoms with Crippen molar-refractivity contribution in [2.45, 2.75) is 25.8 Å². The smallest absolute Gasteiger partial charge is 0.253 e. The molecule has 5 nitrogen and oxygen atoms in total. The van der Waals surface area contributed by atoms with Crippen molar-refractivity contribution in [3.63, 3.8) is 0 Å². The van der Waals surface area contributed by atoms with Crippen LogP contribution in [0.4, 0.5) is 0 Å². The average molecular weight is 429 g/mol. The summed E-state index contributed by atoms with van der Waals surface area (Å²) in [5, 5.41) is 0.605. The number of hydrogen-bond acceptors (Lipinski definition) is 4. The standard InChI is InChI=1S/C24H29ClN2O3/c1-29-22-6-7-23(30-2)21-16-26(11-10-20(21)22)15-17-8-12-27(13-9-17)24(28)18-4-3-5-19(25)14-18/h3-7,14,17H,8-13,15-16H2,1-2H3. The van der Waals surface area contributed by atoms with E-state index in [1.807, 2.05) is 29.2 Å². The normalized spacial score (nSPS) is 17.5. The number of halogens is 1. The molecule has 0 atom stereocenters. The van der Waals surface area contributed by atoms with E-state index < -0.39 is 0 Å². The number of hydrogen-bond donors (Lipinski definition) is 0. The number of ether oxygens (including phenoxy) is 2. The Morgan fingerprint density at radius 3 is 2.40 bits per heavy atom. The topological polar surface area (TPSA) is 42.0 Å². The van der Waals surface area contributed by atoms with Crippen molar-refractivity contribution in [3.8, 4) is 11.5 Å². The maximum atomic E-state index is 12.7. The van der Waals surface area contributed by atoms with Crippen molar-refractivity contribution in [2.75, 3.05) is 40.4 Å². The minimum Gasteiger partial charge on any atom is -0.496 e. The number of benzene rings is 2. The van der Waals surface area contributed by atoms with Gasteiger partial charge in [0.1, 0.15) is 11.5 Å². The lowest BCUT2D eigenvalue weighted by Gasteiger charge is -2.37. The summed E-state index contributed by atoms with van der Waals surface area (Å²) in [7, 11) is 3.46. The maximum absolute atomic E-state index is 12.7. The Morgan fingerprint density at radius 2 is 1.73 bits per heavy atom. The Bertz CT molecular complexity index is 909. The van der Waals surface area contributed by atoms with Crippen LogP contribution < -0.4 is 9.47 Å². The SMILES string of the molecule is COc1ccc(OC)c2c1CCN(CC1CCN(C(=O)c3cccc(Cl)c3)CC1)C2. The summed E-state index contributed by atoms with van der Waals surface area (Å²) in [5.41, 5.74) is 3.20. The molecule has 2 heterocycles. The van der Waals surface area contributed by atoms with Crippen LogP contribution in [-0.2, 0) is 13.0 Å². The Balaban J connectivity index is 1.35. The maximum Gasteiger partial charge on any atom is 0.253 e. The van der Waals surface area contributed by atoms with Crippen LogP contribution in [0.1, 0.15) is 34.3 Å². The summed E-state index contributed by atoms with van der Waals surface area (Å²) < 4.78 is 11.2. The number of rotatable bonds is 5. The molecule has 0 unspecified atom stereocenters. The van der Waals surface area contributed by atoms with Crippen LogP contribution in [0, 0.1) is 5.92 Å². The largest absolute Gasteiger partial charge is 0.496 e. The number of fused-ring (bicyclic) bond motifs is 1. The Morgan fingerprint density at radius 1 is 1.03 bits per heavy atom. The monoisotopic (exact) mass is 428 g/mol. The molecule has 2 aromatic rings. The van der Waals surface area contributed by atoms with Crippen LogP contribution in [0.25, 0.3) is 0 Å². The lowest BCUT2D eigenvalue weighted by molar-refractivity contribution is 0.0662. The van der Waals surface area contributed by atoms with Crippen molar-refractivity contribution >= 4 is 17.5 Å². The molecule has 0 radical (unpaired) electrons. The highest BCUT2D eigenvalue weighted by atomic mass is 35.5. The molecule has 1 amide bonds. The Labute approximate surface area is 183 Å². The van der Waals surface area contributed by atoms with E-state index >= 15 is 0 Å². The van der Waals surface area contributed by atoms with Gasteiger partial charge in [-0.05, 0) is 55.5 Å². The molecule has 30 heavy (non-hydrogen) atoms. The number of carbonyl (C=O) groups is 1. The fourth-order valence-electron chi connectivity index (χ4n) is 4.70. The molecule has 6 heteroatoms. The zero-order chi connectivity index (χ0) is 21.1. The molecule has 4 rings (SSSR count). The van der Waals surface area contributed by atoms with E-state index in [0.29, 0.717) is 16.5 Å². The van der Waals surface area contributed by atoms with E-state index in [-0.39, 0.29) is 5.91 Å². The molecule has 2 aromatic carbocycles. The minimum atomic E-state index is 0.0830. The second kappa shape index (κ2) is 9.27. The van der Waals surface area contributed by atoms with Gasteiger partial charge in [0.05, 0.1) is 14.2 Å². The van der Waals surface area contributed by atoms with Gasteiger partial charge in [-0.2, -0.15) is 0 Å². The summed E-state index contributed by atoms with van der Waals surface area (Å²) in [4.78, 5) is 17.2. The van der Waals surface area contributed by atoms with Gasteiger partial charge in [0, 0.05) is 54.4 Å². The number of piperidine rings is 1. The lowest BCUT2D eigenvalue weighted by atomic mass is 9.93. The van der Waals surface area contributed by atoms with Gasteiger partial charge in [-0.25, -0.2) is 0 Å². The second-order valence-electron chi connectivity index (χ2n) is 8.16. The second-order valence-corrected chi connectivity index (χ2v) is 8.59. The summed E-state index contributed by atoms with van der Waals surface area (Å²) in [6.07, 6.45) is 3.04. The van der Waals surface area contributed by atoms with Crippen molar-refractivity contribution in [2.24, 2.45) is 5.92 Å². The molecular weight excluding hydrogens is 400 g/mol. The van der Waals surface area contributed by atoms with Crippen LogP contribution in [0.5, 0.6) is 11.5 Å². The van der Waals surface area contributed by atoms with Gasteiger partial charge in [-0.15, -0.1) is 0 Å². The van der Waals surface area contributed by atoms with Gasteiger partial charge in [-0.3, -0.25) is 9.69 Å². The quantitative estimate of drug-likeness (QED) is 0.713. The van der Waals surface area contributed by atoms with Crippen molar-refractivity contribution in [1.29, 1.82) is 0 Å². The van der Waals surface area contributed by atoms with Crippen molar-refractivity contribution in [3.05, 3.63) is 58.1 Å². The molecule has 1 fully saturated rings. The van der Waals surface area contributed by atoms with Gasteiger partial charge in [-0.1, -0.05) is 17.7 Å². The summed E-state index contributed by atoms with van der Waals surface area (Å²) in [6.45, 7) is 4.57. The van der Waals surface area contributed by atoms with Gasteiger partial charge < -0.3 is 14.4 Å². The highest BCUT2D eigenvalue weighted by Gasteiger charge is 2.28. The van der Waals surface area contributed by atoms with Crippen LogP contribution in [0.15, 0.2) is 36.4 Å². The van der Waals surface area contributed by atoms with Crippen LogP contribution in [-0.4, -0.2) is 56.1 Å². The Kier molecular flexibility index (Phi) is 6.49. The third-order valence-corrected chi connectivity index (χ3v) is 6.57. The molecule has 160 valence electrons. The van der Waals surface area contributed by atoms with Gasteiger partial charge in [0.15, 0.2) is 0 Å². The van der Waals surface area contributed by atoms with Crippen LogP contribution in [0.2, 0.25) is 5.02 Å². The highest BCUT2D eigenvalue weighted by molar-refractivity contribution is 6.30. The van der Waals surface area contributed by atoms with E-state index in [4.69, 9.17) is 21.1 Å². The molecule has 0 aliphatic carbocycles. The van der Waals surface area contributed by atoms with E-state index in [0.717, 1.165) is 63.5 Å². The first kappa shape index (κ1) is 21.0. The van der Waals surface area contributed by atoms with Gasteiger partial charge in [0.25, 0.3) is 5.91 Å². The fraction of sp³-hybridized carbons (Fsp3) is 0.458. The number of methoxy groups -OCH3 is 2. The van der Waals surface area contributed by atoms with E-state index in [1.165, 1.54) is 11.1 Å². The zero-order valence-electron chi connectivity index (χ0n) is 17.7. The first-order chi connectivity index (χ1) is 14.6. The third kappa shape index (κ3) is 4.42. The minimum absolute atomic E-state index is 0.0830. The molecular formula is C24H29ClN2O3. The molecule has 2 aliphatic rings. The predicted molar refractivity (Wildman–Crippen MR) is 119 cm³/mol. The molecule has 0 aromatic heterocycles. The number of amides is 1. The van der Waals surface area contributed by atoms with Crippen LogP contribution >= 0.6 is 11.6 Å². The van der Waals surface area contributed by atoms with Crippen molar-refractivity contribution in [1.82, 2.24) is 9.80 Å². The number of likely N-dealkylation sites (tertiary alicyclic amines) is 1. The highest BCUT2D eigenvalue weighted by Crippen LogP contribution is 2.35. The first-order valence-electron chi connectivity index (χ1n) is 10.6. The van der Waals surface area contributed by atoms with Crippen molar-refractivity contribution < 1.29 is 14.3 Å². The van der Waals surface area contributed by atoms with E-state index in [1.54, 1.807) is 26.4 Å². The van der Waals surface area contributed by atoms with Gasteiger partial charge >= 0.3 is 0 Å². The molecule has 0 spiro atoms. The van der Waals surface area contributed by atoms with E-state index in [9.17, 15) is 4.79 Å². The summed E-state index contributed by atoms with van der Waals surface area (Å²) in [5.74, 6) is 2.59. The molecule has 0 N–H and O–H groups in total. The van der Waals surface area contributed by atoms with E-state index in [2.05, 4.69) is 4.90 Å². The zero-order valence-corrected chi connectivity index (χ0v) is 18.5. The molecule has 1 saturated heterocycles. The molecule has 0 bridgehead atoms. The first-order valence-corrected chi connectivity index (χ1v) is 11.0. The molecule has 2 aliphatic heterocycles. The number of nitrogens with zero attached hydrogens (tertiary/aromatic N) is 2. The predicted octanol–water partition coefficient (Wildman–Crippen LogP) is 4.27. The third-order valence-electron chi connectivity index (χ3n) is 6.33. The number of carbonyl (C=O) groups excluding carboxylic acids is 1. The van der Waals surface area contributed by atoms with Crippen LogP contribution in [0.3, 0.4) is 0 Å². The fourth-order valence-corrected chi connectivity index (χ4v) is 4.89. The summed E-state index contributed by atoms with van der Waals surface area (Å²) in [6, 6.07) is 11.2. The average Bonchev–Trinajstić information content (AvgIpc) is 2.78. The lowest BCUT2D eigenvalue weighted by Crippen LogP contribution is -2.42. The molecule has 0 saturated carbocycles. The van der Waals surface area contributed by atoms with Gasteiger partial charge in [0.2, 0.25) is 0 Å². The summed E-state index contributed by atoms with van der Waals surface area (Å²) >= 11 is 6.04. The Hall–Kier alpha value is -2.24.